The van der Waals surface area contributed by atoms with Crippen molar-refractivity contribution >= 4 is 0 Å². The van der Waals surface area contributed by atoms with Gasteiger partial charge >= 0.3 is 0 Å². The van der Waals surface area contributed by atoms with Gasteiger partial charge in [0.25, 0.3) is 0 Å². The van der Waals surface area contributed by atoms with Gasteiger partial charge in [0.1, 0.15) is 0 Å². The third kappa shape index (κ3) is 4.27. The molecule has 3 nitrogen and oxygen atoms in total. The van der Waals surface area contributed by atoms with Crippen LogP contribution in [0.2, 0.25) is 0 Å². The van der Waals surface area contributed by atoms with Gasteiger partial charge in [0, 0.05) is 37.6 Å². The zero-order valence-electron chi connectivity index (χ0n) is 11.2. The van der Waals surface area contributed by atoms with Crippen molar-refractivity contribution in [3.8, 4) is 0 Å². The molecule has 0 aromatic heterocycles. The lowest BCUT2D eigenvalue weighted by molar-refractivity contribution is 0.190. The van der Waals surface area contributed by atoms with Gasteiger partial charge in [0.05, 0.1) is 0 Å². The molecular weight excluding hydrogens is 210 g/mol. The van der Waals surface area contributed by atoms with E-state index < -0.39 is 0 Å². The molecule has 1 aliphatic rings. The number of likely N-dealkylation sites (N-methyl/N-ethyl adjacent to an activating group) is 1. The van der Waals surface area contributed by atoms with Crippen LogP contribution in [-0.2, 0) is 0 Å². The van der Waals surface area contributed by atoms with Crippen LogP contribution >= 0.6 is 0 Å². The molecule has 0 atom stereocenters. The van der Waals surface area contributed by atoms with Gasteiger partial charge in [-0.2, -0.15) is 0 Å². The largest absolute Gasteiger partial charge is 0.399 e. The Hall–Kier alpha value is -1.22. The first-order chi connectivity index (χ1) is 8.04. The molecule has 0 aliphatic carbocycles. The van der Waals surface area contributed by atoms with Gasteiger partial charge in [0.15, 0.2) is 0 Å². The van der Waals surface area contributed by atoms with Gasteiger partial charge in [0.2, 0.25) is 0 Å². The second kappa shape index (κ2) is 6.50. The topological polar surface area (TPSA) is 32.5 Å². The fraction of sp³-hybridized carbons (Fsp3) is 0.571. The molecular formula is C14H25N3. The SMILES string of the molecule is C=C(N)/C(=C\C(=C)N1CCN(C)CC1)CCC. The highest BCUT2D eigenvalue weighted by Gasteiger charge is 2.14. The number of hydrogen-bond acceptors (Lipinski definition) is 3. The van der Waals surface area contributed by atoms with E-state index in [1.807, 2.05) is 0 Å². The molecule has 0 spiro atoms. The summed E-state index contributed by atoms with van der Waals surface area (Å²) in [5, 5.41) is 0. The van der Waals surface area contributed by atoms with Crippen LogP contribution in [0.15, 0.2) is 36.2 Å². The highest BCUT2D eigenvalue weighted by Crippen LogP contribution is 2.16. The minimum Gasteiger partial charge on any atom is -0.399 e. The molecule has 0 saturated carbocycles. The fourth-order valence-electron chi connectivity index (χ4n) is 1.98. The van der Waals surface area contributed by atoms with E-state index in [9.17, 15) is 0 Å². The maximum atomic E-state index is 5.79. The van der Waals surface area contributed by atoms with Crippen molar-refractivity contribution in [2.75, 3.05) is 33.2 Å². The summed E-state index contributed by atoms with van der Waals surface area (Å²) in [5.41, 5.74) is 8.65. The number of rotatable bonds is 5. The summed E-state index contributed by atoms with van der Waals surface area (Å²) < 4.78 is 0. The molecule has 0 bridgehead atoms. The first-order valence-electron chi connectivity index (χ1n) is 6.32. The summed E-state index contributed by atoms with van der Waals surface area (Å²) in [5.74, 6) is 0. The maximum Gasteiger partial charge on any atom is 0.0306 e. The average Bonchev–Trinajstić information content (AvgIpc) is 2.29. The summed E-state index contributed by atoms with van der Waals surface area (Å²) in [6, 6.07) is 0. The first-order valence-corrected chi connectivity index (χ1v) is 6.32. The number of nitrogens with two attached hydrogens (primary N) is 1. The fourth-order valence-corrected chi connectivity index (χ4v) is 1.98. The van der Waals surface area contributed by atoms with Crippen molar-refractivity contribution in [1.82, 2.24) is 9.80 Å². The Morgan fingerprint density at radius 2 is 1.82 bits per heavy atom. The molecule has 1 heterocycles. The molecule has 1 fully saturated rings. The van der Waals surface area contributed by atoms with Crippen LogP contribution in [0.4, 0.5) is 0 Å². The molecule has 3 heteroatoms. The Balaban J connectivity index is 2.62. The predicted molar refractivity (Wildman–Crippen MR) is 74.5 cm³/mol. The molecule has 1 rings (SSSR count). The molecule has 1 aliphatic heterocycles. The Morgan fingerprint density at radius 3 is 2.29 bits per heavy atom. The third-order valence-corrected chi connectivity index (χ3v) is 3.18. The van der Waals surface area contributed by atoms with Gasteiger partial charge < -0.3 is 15.5 Å². The Kier molecular flexibility index (Phi) is 5.29. The zero-order chi connectivity index (χ0) is 12.8. The van der Waals surface area contributed by atoms with Gasteiger partial charge in [-0.3, -0.25) is 0 Å². The van der Waals surface area contributed by atoms with Crippen LogP contribution in [0.25, 0.3) is 0 Å². The summed E-state index contributed by atoms with van der Waals surface area (Å²) in [4.78, 5) is 4.65. The first kappa shape index (κ1) is 13.8. The lowest BCUT2D eigenvalue weighted by Crippen LogP contribution is -2.43. The summed E-state index contributed by atoms with van der Waals surface area (Å²) in [6.45, 7) is 14.4. The quantitative estimate of drug-likeness (QED) is 0.739. The van der Waals surface area contributed by atoms with E-state index in [2.05, 4.69) is 43.0 Å². The molecule has 1 saturated heterocycles. The monoisotopic (exact) mass is 235 g/mol. The smallest absolute Gasteiger partial charge is 0.0306 e. The van der Waals surface area contributed by atoms with E-state index in [-0.39, 0.29) is 0 Å². The van der Waals surface area contributed by atoms with E-state index in [0.29, 0.717) is 5.70 Å². The lowest BCUT2D eigenvalue weighted by atomic mass is 10.1. The Bertz CT molecular complexity index is 309. The van der Waals surface area contributed by atoms with Crippen molar-refractivity contribution in [1.29, 1.82) is 0 Å². The summed E-state index contributed by atoms with van der Waals surface area (Å²) >= 11 is 0. The van der Waals surface area contributed by atoms with Crippen LogP contribution in [0.3, 0.4) is 0 Å². The predicted octanol–water partition coefficient (Wildman–Crippen LogP) is 1.95. The van der Waals surface area contributed by atoms with Crippen LogP contribution in [-0.4, -0.2) is 43.0 Å². The van der Waals surface area contributed by atoms with E-state index in [1.165, 1.54) is 0 Å². The second-order valence-electron chi connectivity index (χ2n) is 4.73. The molecule has 0 unspecified atom stereocenters. The Morgan fingerprint density at radius 1 is 1.24 bits per heavy atom. The van der Waals surface area contributed by atoms with Crippen LogP contribution < -0.4 is 5.73 Å². The summed E-state index contributed by atoms with van der Waals surface area (Å²) in [6.07, 6.45) is 4.15. The van der Waals surface area contributed by atoms with E-state index in [0.717, 1.165) is 50.3 Å². The highest BCUT2D eigenvalue weighted by atomic mass is 15.2. The van der Waals surface area contributed by atoms with Gasteiger partial charge in [-0.25, -0.2) is 0 Å². The highest BCUT2D eigenvalue weighted by molar-refractivity contribution is 5.32. The summed E-state index contributed by atoms with van der Waals surface area (Å²) in [7, 11) is 2.15. The molecule has 0 aromatic carbocycles. The van der Waals surface area contributed by atoms with Crippen LogP contribution in [0.5, 0.6) is 0 Å². The van der Waals surface area contributed by atoms with E-state index >= 15 is 0 Å². The van der Waals surface area contributed by atoms with Crippen molar-refractivity contribution in [3.05, 3.63) is 36.2 Å². The van der Waals surface area contributed by atoms with Crippen molar-refractivity contribution in [2.24, 2.45) is 5.73 Å². The number of allylic oxidation sites excluding steroid dienone is 2. The molecule has 17 heavy (non-hydrogen) atoms. The van der Waals surface area contributed by atoms with Crippen LogP contribution in [0.1, 0.15) is 19.8 Å². The standard InChI is InChI=1S/C14H25N3/c1-5-6-14(13(3)15)11-12(2)17-9-7-16(4)8-10-17/h11H,2-3,5-10,15H2,1,4H3/b14-11-. The number of hydrogen-bond donors (Lipinski definition) is 1. The Labute approximate surface area is 105 Å². The van der Waals surface area contributed by atoms with Gasteiger partial charge in [-0.1, -0.05) is 26.5 Å². The average molecular weight is 235 g/mol. The number of nitrogens with zero attached hydrogens (tertiary/aromatic N) is 2. The van der Waals surface area contributed by atoms with Crippen molar-refractivity contribution < 1.29 is 0 Å². The molecule has 0 amide bonds. The third-order valence-electron chi connectivity index (χ3n) is 3.18. The second-order valence-corrected chi connectivity index (χ2v) is 4.73. The molecule has 96 valence electrons. The number of piperazine rings is 1. The molecule has 2 N–H and O–H groups in total. The molecule has 0 aromatic rings. The normalized spacial score (nSPS) is 18.2. The van der Waals surface area contributed by atoms with Crippen LogP contribution in [0, 0.1) is 0 Å². The van der Waals surface area contributed by atoms with Crippen molar-refractivity contribution in [2.45, 2.75) is 19.8 Å². The van der Waals surface area contributed by atoms with E-state index in [4.69, 9.17) is 5.73 Å². The molecule has 0 radical (unpaired) electrons. The van der Waals surface area contributed by atoms with Gasteiger partial charge in [-0.05, 0) is 25.1 Å². The maximum absolute atomic E-state index is 5.79. The van der Waals surface area contributed by atoms with Gasteiger partial charge in [-0.15, -0.1) is 0 Å². The van der Waals surface area contributed by atoms with Crippen molar-refractivity contribution in [3.63, 3.8) is 0 Å². The zero-order valence-corrected chi connectivity index (χ0v) is 11.2. The minimum atomic E-state index is 0.669. The lowest BCUT2D eigenvalue weighted by Gasteiger charge is -2.34. The van der Waals surface area contributed by atoms with E-state index in [1.54, 1.807) is 0 Å². The minimum absolute atomic E-state index is 0.669.